The summed E-state index contributed by atoms with van der Waals surface area (Å²) in [4.78, 5) is 31.8. The van der Waals surface area contributed by atoms with Crippen molar-refractivity contribution in [1.82, 2.24) is 19.9 Å². The average molecular weight is 450 g/mol. The number of carbonyl (C=O) groups is 1. The summed E-state index contributed by atoms with van der Waals surface area (Å²) in [5.41, 5.74) is 5.13. The lowest BCUT2D eigenvalue weighted by molar-refractivity contribution is -0.113. The van der Waals surface area contributed by atoms with E-state index in [1.807, 2.05) is 12.1 Å². The Morgan fingerprint density at radius 1 is 1.19 bits per heavy atom. The zero-order valence-electron chi connectivity index (χ0n) is 17.4. The minimum atomic E-state index is -0.0996. The van der Waals surface area contributed by atoms with Gasteiger partial charge in [-0.3, -0.25) is 4.79 Å². The normalized spacial score (nSPS) is 13.1. The molecule has 0 unspecified atom stereocenters. The molecule has 0 spiro atoms. The third-order valence-electron chi connectivity index (χ3n) is 5.56. The van der Waals surface area contributed by atoms with Crippen LogP contribution in [0.1, 0.15) is 43.0 Å². The Kier molecular flexibility index (Phi) is 5.82. The second-order valence-electron chi connectivity index (χ2n) is 7.66. The van der Waals surface area contributed by atoms with E-state index in [1.165, 1.54) is 53.2 Å². The molecule has 0 aliphatic heterocycles. The Balaban J connectivity index is 1.46. The SMILES string of the molecule is CCCCc1nc2sc3c(SCC(=O)Nc4ccccn4)ncnc3c2c2c1CCC2. The molecule has 0 bridgehead atoms. The van der Waals surface area contributed by atoms with Crippen molar-refractivity contribution < 1.29 is 4.79 Å². The van der Waals surface area contributed by atoms with Crippen molar-refractivity contribution in [1.29, 1.82) is 0 Å². The van der Waals surface area contributed by atoms with E-state index in [0.29, 0.717) is 5.82 Å². The van der Waals surface area contributed by atoms with Gasteiger partial charge < -0.3 is 5.32 Å². The second kappa shape index (κ2) is 8.88. The minimum absolute atomic E-state index is 0.0996. The van der Waals surface area contributed by atoms with Gasteiger partial charge in [0.2, 0.25) is 5.91 Å². The molecule has 0 atom stereocenters. The highest BCUT2D eigenvalue weighted by atomic mass is 32.2. The maximum Gasteiger partial charge on any atom is 0.235 e. The van der Waals surface area contributed by atoms with E-state index in [4.69, 9.17) is 4.98 Å². The lowest BCUT2D eigenvalue weighted by Gasteiger charge is -2.08. The number of aromatic nitrogens is 4. The summed E-state index contributed by atoms with van der Waals surface area (Å²) in [6.07, 6.45) is 10.1. The van der Waals surface area contributed by atoms with Gasteiger partial charge in [-0.15, -0.1) is 11.3 Å². The molecule has 6 nitrogen and oxygen atoms in total. The summed E-state index contributed by atoms with van der Waals surface area (Å²) < 4.78 is 1.03. The summed E-state index contributed by atoms with van der Waals surface area (Å²) in [7, 11) is 0. The molecule has 0 fully saturated rings. The first-order chi connectivity index (χ1) is 15.2. The first kappa shape index (κ1) is 20.3. The molecule has 31 heavy (non-hydrogen) atoms. The standard InChI is InChI=1S/C23H23N5OS2/c1-2-3-9-16-14-7-6-8-15(14)19-20-21(31-22(19)27-16)23(26-13-25-20)30-12-18(29)28-17-10-4-5-11-24-17/h4-5,10-11,13H,2-3,6-9,12H2,1H3,(H,24,28,29). The van der Waals surface area contributed by atoms with Gasteiger partial charge in [-0.25, -0.2) is 19.9 Å². The Hall–Kier alpha value is -2.58. The zero-order valence-corrected chi connectivity index (χ0v) is 19.0. The molecule has 158 valence electrons. The van der Waals surface area contributed by atoms with Crippen molar-refractivity contribution in [2.24, 2.45) is 0 Å². The van der Waals surface area contributed by atoms with Gasteiger partial charge in [0.05, 0.1) is 16.0 Å². The quantitative estimate of drug-likeness (QED) is 0.309. The van der Waals surface area contributed by atoms with E-state index < -0.39 is 0 Å². The van der Waals surface area contributed by atoms with E-state index in [-0.39, 0.29) is 11.7 Å². The Morgan fingerprint density at radius 2 is 2.10 bits per heavy atom. The van der Waals surface area contributed by atoms with Crippen LogP contribution >= 0.6 is 23.1 Å². The summed E-state index contributed by atoms with van der Waals surface area (Å²) in [6.45, 7) is 2.22. The fraction of sp³-hybridized carbons (Fsp3) is 0.348. The molecule has 0 saturated carbocycles. The Labute approximate surface area is 188 Å². The van der Waals surface area contributed by atoms with Gasteiger partial charge in [0.15, 0.2) is 0 Å². The third-order valence-corrected chi connectivity index (χ3v) is 7.76. The topological polar surface area (TPSA) is 80.7 Å². The van der Waals surface area contributed by atoms with Crippen LogP contribution in [0.5, 0.6) is 0 Å². The molecule has 1 aliphatic carbocycles. The van der Waals surface area contributed by atoms with Gasteiger partial charge >= 0.3 is 0 Å². The predicted molar refractivity (Wildman–Crippen MR) is 127 cm³/mol. The maximum absolute atomic E-state index is 12.4. The van der Waals surface area contributed by atoms with E-state index in [1.54, 1.807) is 29.9 Å². The van der Waals surface area contributed by atoms with Gasteiger partial charge in [-0.05, 0) is 55.4 Å². The number of aryl methyl sites for hydroxylation is 2. The first-order valence-electron chi connectivity index (χ1n) is 10.7. The molecule has 0 aromatic carbocycles. The molecule has 1 amide bonds. The first-order valence-corrected chi connectivity index (χ1v) is 12.5. The summed E-state index contributed by atoms with van der Waals surface area (Å²) in [6, 6.07) is 5.45. The molecule has 0 saturated heterocycles. The van der Waals surface area contributed by atoms with Crippen molar-refractivity contribution in [2.75, 3.05) is 11.1 Å². The predicted octanol–water partition coefficient (Wildman–Crippen LogP) is 5.20. The molecule has 5 rings (SSSR count). The smallest absolute Gasteiger partial charge is 0.235 e. The van der Waals surface area contributed by atoms with Gasteiger partial charge in [-0.2, -0.15) is 0 Å². The fourth-order valence-electron chi connectivity index (χ4n) is 4.16. The molecular weight excluding hydrogens is 426 g/mol. The molecule has 0 radical (unpaired) electrons. The Bertz CT molecular complexity index is 1260. The van der Waals surface area contributed by atoms with Crippen LogP contribution in [0, 0.1) is 0 Å². The van der Waals surface area contributed by atoms with Gasteiger partial charge in [0, 0.05) is 17.3 Å². The number of fused-ring (bicyclic) bond motifs is 5. The van der Waals surface area contributed by atoms with Crippen LogP contribution in [0.4, 0.5) is 5.82 Å². The molecule has 8 heteroatoms. The van der Waals surface area contributed by atoms with Gasteiger partial charge in [0.1, 0.15) is 22.0 Å². The number of unbranched alkanes of at least 4 members (excludes halogenated alkanes) is 1. The molecule has 1 N–H and O–H groups in total. The second-order valence-corrected chi connectivity index (χ2v) is 9.63. The van der Waals surface area contributed by atoms with E-state index in [9.17, 15) is 4.79 Å². The van der Waals surface area contributed by atoms with E-state index in [0.717, 1.165) is 39.3 Å². The zero-order chi connectivity index (χ0) is 21.2. The van der Waals surface area contributed by atoms with Crippen LogP contribution in [0.2, 0.25) is 0 Å². The number of thioether (sulfide) groups is 1. The third kappa shape index (κ3) is 4.02. The number of rotatable bonds is 7. The molecule has 4 aromatic heterocycles. The van der Waals surface area contributed by atoms with Crippen LogP contribution in [-0.4, -0.2) is 31.6 Å². The average Bonchev–Trinajstić information content (AvgIpc) is 3.41. The Morgan fingerprint density at radius 3 is 2.94 bits per heavy atom. The van der Waals surface area contributed by atoms with Crippen LogP contribution in [0.25, 0.3) is 20.4 Å². The number of thiophene rings is 1. The summed E-state index contributed by atoms with van der Waals surface area (Å²) in [5.74, 6) is 0.726. The van der Waals surface area contributed by atoms with Crippen molar-refractivity contribution >= 4 is 55.3 Å². The van der Waals surface area contributed by atoms with E-state index >= 15 is 0 Å². The summed E-state index contributed by atoms with van der Waals surface area (Å²) in [5, 5.41) is 4.87. The van der Waals surface area contributed by atoms with Gasteiger partial charge in [-0.1, -0.05) is 31.2 Å². The number of nitrogens with one attached hydrogen (secondary N) is 1. The largest absolute Gasteiger partial charge is 0.310 e. The number of pyridine rings is 2. The number of nitrogens with zero attached hydrogens (tertiary/aromatic N) is 4. The van der Waals surface area contributed by atoms with Crippen LogP contribution in [0.3, 0.4) is 0 Å². The molecule has 4 heterocycles. The number of amides is 1. The number of carbonyl (C=O) groups excluding carboxylic acids is 1. The summed E-state index contributed by atoms with van der Waals surface area (Å²) >= 11 is 3.09. The molecular formula is C23H23N5OS2. The highest BCUT2D eigenvalue weighted by Crippen LogP contribution is 2.42. The number of anilines is 1. The molecule has 4 aromatic rings. The van der Waals surface area contributed by atoms with E-state index in [2.05, 4.69) is 27.2 Å². The number of hydrogen-bond acceptors (Lipinski definition) is 7. The maximum atomic E-state index is 12.4. The minimum Gasteiger partial charge on any atom is -0.310 e. The number of hydrogen-bond donors (Lipinski definition) is 1. The lowest BCUT2D eigenvalue weighted by Crippen LogP contribution is -2.14. The van der Waals surface area contributed by atoms with Crippen molar-refractivity contribution in [2.45, 2.75) is 50.5 Å². The van der Waals surface area contributed by atoms with Crippen LogP contribution in [-0.2, 0) is 24.1 Å². The van der Waals surface area contributed by atoms with Crippen LogP contribution in [0.15, 0.2) is 35.7 Å². The highest BCUT2D eigenvalue weighted by Gasteiger charge is 2.24. The molecule has 1 aliphatic rings. The van der Waals surface area contributed by atoms with Crippen molar-refractivity contribution in [3.8, 4) is 0 Å². The monoisotopic (exact) mass is 449 g/mol. The van der Waals surface area contributed by atoms with Crippen LogP contribution < -0.4 is 5.32 Å². The van der Waals surface area contributed by atoms with Gasteiger partial charge in [0.25, 0.3) is 0 Å². The van der Waals surface area contributed by atoms with Crippen molar-refractivity contribution in [3.63, 3.8) is 0 Å². The lowest BCUT2D eigenvalue weighted by atomic mass is 10.0. The fourth-order valence-corrected chi connectivity index (χ4v) is 6.21. The highest BCUT2D eigenvalue weighted by molar-refractivity contribution is 8.00. The van der Waals surface area contributed by atoms with Crippen molar-refractivity contribution in [3.05, 3.63) is 47.5 Å².